The molecule has 1 N–H and O–H groups in total. The van der Waals surface area contributed by atoms with Gasteiger partial charge in [0.15, 0.2) is 5.16 Å². The number of rotatable bonds is 4. The Hall–Kier alpha value is -0.550. The number of nitrogens with one attached hydrogen (secondary N) is 1. The maximum Gasteiger partial charge on any atom is 0.191 e. The summed E-state index contributed by atoms with van der Waals surface area (Å²) in [6.07, 6.45) is 5.58. The Morgan fingerprint density at radius 2 is 2.33 bits per heavy atom. The Bertz CT molecular complexity index is 388. The molecule has 0 saturated heterocycles. The molecule has 0 spiro atoms. The molecule has 2 unspecified atom stereocenters. The second kappa shape index (κ2) is 5.61. The van der Waals surface area contributed by atoms with Crippen LogP contribution >= 0.6 is 11.8 Å². The average molecular weight is 268 g/mol. The summed E-state index contributed by atoms with van der Waals surface area (Å²) in [4.78, 5) is 0. The van der Waals surface area contributed by atoms with E-state index in [0.717, 1.165) is 11.7 Å². The molecule has 0 aliphatic heterocycles. The third-order valence-electron chi connectivity index (χ3n) is 3.73. The first-order valence-corrected chi connectivity index (χ1v) is 7.64. The first-order valence-electron chi connectivity index (χ1n) is 6.76. The van der Waals surface area contributed by atoms with Gasteiger partial charge in [0.1, 0.15) is 6.33 Å². The Kier molecular flexibility index (Phi) is 4.33. The number of nitrogens with zero attached hydrogens (tertiary/aromatic N) is 3. The summed E-state index contributed by atoms with van der Waals surface area (Å²) in [6.45, 7) is 7.98. The van der Waals surface area contributed by atoms with E-state index in [2.05, 4.69) is 36.3 Å². The van der Waals surface area contributed by atoms with Crippen LogP contribution < -0.4 is 5.32 Å². The van der Waals surface area contributed by atoms with E-state index in [-0.39, 0.29) is 0 Å². The molecule has 0 aromatic carbocycles. The third kappa shape index (κ3) is 3.26. The lowest BCUT2D eigenvalue weighted by Crippen LogP contribution is -2.44. The van der Waals surface area contributed by atoms with Gasteiger partial charge in [-0.15, -0.1) is 10.2 Å². The number of aryl methyl sites for hydroxylation is 1. The van der Waals surface area contributed by atoms with Crippen LogP contribution in [0.1, 0.15) is 40.0 Å². The SMILES string of the molecule is CCNC1CCC(C)(C)CC1Sc1nncn1C. The Balaban J connectivity index is 2.07. The first-order chi connectivity index (χ1) is 8.52. The fourth-order valence-corrected chi connectivity index (χ4v) is 4.16. The smallest absolute Gasteiger partial charge is 0.191 e. The maximum atomic E-state index is 4.20. The van der Waals surface area contributed by atoms with E-state index in [0.29, 0.717) is 16.7 Å². The normalized spacial score (nSPS) is 27.3. The van der Waals surface area contributed by atoms with Crippen LogP contribution in [0.15, 0.2) is 11.5 Å². The topological polar surface area (TPSA) is 42.7 Å². The van der Waals surface area contributed by atoms with Gasteiger partial charge in [0.05, 0.1) is 0 Å². The van der Waals surface area contributed by atoms with Crippen molar-refractivity contribution in [2.24, 2.45) is 12.5 Å². The molecule has 5 heteroatoms. The quantitative estimate of drug-likeness (QED) is 0.911. The molecule has 0 amide bonds. The number of hydrogen-bond acceptors (Lipinski definition) is 4. The molecule has 102 valence electrons. The summed E-state index contributed by atoms with van der Waals surface area (Å²) in [5.74, 6) is 0. The Morgan fingerprint density at radius 3 is 2.94 bits per heavy atom. The van der Waals surface area contributed by atoms with Crippen LogP contribution in [0.3, 0.4) is 0 Å². The highest BCUT2D eigenvalue weighted by Crippen LogP contribution is 2.42. The van der Waals surface area contributed by atoms with Gasteiger partial charge >= 0.3 is 0 Å². The van der Waals surface area contributed by atoms with Gasteiger partial charge in [-0.1, -0.05) is 32.5 Å². The second-order valence-corrected chi connectivity index (χ2v) is 7.16. The molecular formula is C13H24N4S. The third-order valence-corrected chi connectivity index (χ3v) is 5.11. The molecule has 1 aromatic heterocycles. The molecular weight excluding hydrogens is 244 g/mol. The van der Waals surface area contributed by atoms with Gasteiger partial charge in [0.25, 0.3) is 0 Å². The lowest BCUT2D eigenvalue weighted by atomic mass is 9.75. The van der Waals surface area contributed by atoms with Crippen molar-refractivity contribution in [1.82, 2.24) is 20.1 Å². The number of aromatic nitrogens is 3. The molecule has 1 fully saturated rings. The second-order valence-electron chi connectivity index (χ2n) is 5.95. The van der Waals surface area contributed by atoms with E-state index in [4.69, 9.17) is 0 Å². The van der Waals surface area contributed by atoms with E-state index in [1.54, 1.807) is 6.33 Å². The van der Waals surface area contributed by atoms with Crippen LogP contribution in [0.4, 0.5) is 0 Å². The number of hydrogen-bond donors (Lipinski definition) is 1. The van der Waals surface area contributed by atoms with Crippen molar-refractivity contribution >= 4 is 11.8 Å². The Morgan fingerprint density at radius 1 is 1.56 bits per heavy atom. The molecule has 1 aliphatic rings. The van der Waals surface area contributed by atoms with Crippen molar-refractivity contribution < 1.29 is 0 Å². The molecule has 2 atom stereocenters. The molecule has 0 bridgehead atoms. The first kappa shape index (κ1) is 13.9. The van der Waals surface area contributed by atoms with Crippen molar-refractivity contribution in [1.29, 1.82) is 0 Å². The van der Waals surface area contributed by atoms with Crippen LogP contribution in [0.5, 0.6) is 0 Å². The Labute approximate surface area is 114 Å². The van der Waals surface area contributed by atoms with Gasteiger partial charge in [0.2, 0.25) is 0 Å². The van der Waals surface area contributed by atoms with Crippen LogP contribution in [0.25, 0.3) is 0 Å². The molecule has 18 heavy (non-hydrogen) atoms. The van der Waals surface area contributed by atoms with Crippen LogP contribution in [-0.2, 0) is 7.05 Å². The summed E-state index contributed by atoms with van der Waals surface area (Å²) in [5, 5.41) is 13.4. The van der Waals surface area contributed by atoms with E-state index in [9.17, 15) is 0 Å². The van der Waals surface area contributed by atoms with Gasteiger partial charge in [-0.05, 0) is 31.2 Å². The predicted octanol–water partition coefficient (Wildman–Crippen LogP) is 2.46. The molecule has 2 rings (SSSR count). The van der Waals surface area contributed by atoms with Gasteiger partial charge in [-0.2, -0.15) is 0 Å². The minimum Gasteiger partial charge on any atom is -0.313 e. The zero-order valence-corrected chi connectivity index (χ0v) is 12.6. The van der Waals surface area contributed by atoms with Crippen molar-refractivity contribution in [2.45, 2.75) is 56.5 Å². The predicted molar refractivity (Wildman–Crippen MR) is 75.7 cm³/mol. The van der Waals surface area contributed by atoms with Gasteiger partial charge in [-0.3, -0.25) is 0 Å². The summed E-state index contributed by atoms with van der Waals surface area (Å²) in [7, 11) is 2.01. The summed E-state index contributed by atoms with van der Waals surface area (Å²) in [5.41, 5.74) is 0.447. The van der Waals surface area contributed by atoms with E-state index in [1.807, 2.05) is 23.4 Å². The van der Waals surface area contributed by atoms with Crippen LogP contribution in [-0.4, -0.2) is 32.6 Å². The summed E-state index contributed by atoms with van der Waals surface area (Å²) in [6, 6.07) is 0.602. The standard InChI is InChI=1S/C13H24N4S/c1-5-14-10-6-7-13(2,3)8-11(10)18-12-16-15-9-17(12)4/h9-11,14H,5-8H2,1-4H3. The van der Waals surface area contributed by atoms with Crippen molar-refractivity contribution in [3.63, 3.8) is 0 Å². The number of thioether (sulfide) groups is 1. The van der Waals surface area contributed by atoms with Gasteiger partial charge < -0.3 is 9.88 Å². The van der Waals surface area contributed by atoms with Crippen molar-refractivity contribution in [3.05, 3.63) is 6.33 Å². The zero-order valence-electron chi connectivity index (χ0n) is 11.8. The lowest BCUT2D eigenvalue weighted by Gasteiger charge is -2.40. The molecule has 1 saturated carbocycles. The fraction of sp³-hybridized carbons (Fsp3) is 0.846. The van der Waals surface area contributed by atoms with Crippen LogP contribution in [0, 0.1) is 5.41 Å². The van der Waals surface area contributed by atoms with Gasteiger partial charge in [-0.25, -0.2) is 0 Å². The summed E-state index contributed by atoms with van der Waals surface area (Å²) < 4.78 is 2.01. The average Bonchev–Trinajstić information content (AvgIpc) is 2.68. The fourth-order valence-electron chi connectivity index (χ4n) is 2.66. The van der Waals surface area contributed by atoms with Crippen LogP contribution in [0.2, 0.25) is 0 Å². The molecule has 1 aliphatic carbocycles. The summed E-state index contributed by atoms with van der Waals surface area (Å²) >= 11 is 1.88. The minimum absolute atomic E-state index is 0.447. The maximum absolute atomic E-state index is 4.20. The van der Waals surface area contributed by atoms with Crippen molar-refractivity contribution in [2.75, 3.05) is 6.54 Å². The minimum atomic E-state index is 0.447. The molecule has 1 aromatic rings. The molecule has 1 heterocycles. The van der Waals surface area contributed by atoms with E-state index in [1.165, 1.54) is 19.3 Å². The molecule has 0 radical (unpaired) electrons. The monoisotopic (exact) mass is 268 g/mol. The van der Waals surface area contributed by atoms with Gasteiger partial charge in [0, 0.05) is 18.3 Å². The highest BCUT2D eigenvalue weighted by Gasteiger charge is 2.35. The highest BCUT2D eigenvalue weighted by molar-refractivity contribution is 7.99. The van der Waals surface area contributed by atoms with E-state index >= 15 is 0 Å². The highest BCUT2D eigenvalue weighted by atomic mass is 32.2. The van der Waals surface area contributed by atoms with E-state index < -0.39 is 0 Å². The van der Waals surface area contributed by atoms with Crippen molar-refractivity contribution in [3.8, 4) is 0 Å². The zero-order chi connectivity index (χ0) is 13.2. The lowest BCUT2D eigenvalue weighted by molar-refractivity contribution is 0.215. The largest absolute Gasteiger partial charge is 0.313 e. The molecule has 4 nitrogen and oxygen atoms in total.